The zero-order chi connectivity index (χ0) is 12.9. The van der Waals surface area contributed by atoms with E-state index in [0.717, 1.165) is 29.9 Å². The number of piperidine rings is 1. The Kier molecular flexibility index (Phi) is 3.98. The highest BCUT2D eigenvalue weighted by Crippen LogP contribution is 2.24. The van der Waals surface area contributed by atoms with Gasteiger partial charge in [0.1, 0.15) is 0 Å². The lowest BCUT2D eigenvalue weighted by Crippen LogP contribution is -2.27. The van der Waals surface area contributed by atoms with Crippen LogP contribution in [0.4, 0.5) is 0 Å². The Hall–Kier alpha value is -1.55. The van der Waals surface area contributed by atoms with Crippen molar-refractivity contribution in [2.75, 3.05) is 19.7 Å². The van der Waals surface area contributed by atoms with Crippen LogP contribution < -0.4 is 10.1 Å². The Balaban J connectivity index is 1.47. The van der Waals surface area contributed by atoms with E-state index in [1.807, 2.05) is 24.3 Å². The maximum atomic E-state index is 5.73. The van der Waals surface area contributed by atoms with Crippen molar-refractivity contribution in [3.63, 3.8) is 0 Å². The normalized spacial score (nSPS) is 16.8. The van der Waals surface area contributed by atoms with Gasteiger partial charge < -0.3 is 14.6 Å². The van der Waals surface area contributed by atoms with Gasteiger partial charge in [0.05, 0.1) is 12.0 Å². The van der Waals surface area contributed by atoms with E-state index in [2.05, 4.69) is 10.5 Å². The average Bonchev–Trinajstić information content (AvgIpc) is 2.88. The fourth-order valence-electron chi connectivity index (χ4n) is 2.68. The molecule has 4 nitrogen and oxygen atoms in total. The zero-order valence-corrected chi connectivity index (χ0v) is 11.1. The molecule has 1 aliphatic heterocycles. The number of ether oxygens (including phenoxy) is 1. The Bertz CT molecular complexity index is 518. The Morgan fingerprint density at radius 3 is 3.00 bits per heavy atom. The molecule has 0 unspecified atom stereocenters. The lowest BCUT2D eigenvalue weighted by atomic mass is 9.93. The summed E-state index contributed by atoms with van der Waals surface area (Å²) in [6.07, 6.45) is 4.93. The van der Waals surface area contributed by atoms with Crippen molar-refractivity contribution in [3.8, 4) is 5.88 Å². The largest absolute Gasteiger partial charge is 0.475 e. The third kappa shape index (κ3) is 3.07. The van der Waals surface area contributed by atoms with Gasteiger partial charge in [0.25, 0.3) is 5.88 Å². The summed E-state index contributed by atoms with van der Waals surface area (Å²) >= 11 is 0. The van der Waals surface area contributed by atoms with Gasteiger partial charge in [-0.2, -0.15) is 0 Å². The summed E-state index contributed by atoms with van der Waals surface area (Å²) < 4.78 is 10.9. The van der Waals surface area contributed by atoms with Crippen molar-refractivity contribution >= 4 is 11.0 Å². The van der Waals surface area contributed by atoms with Crippen molar-refractivity contribution in [1.82, 2.24) is 10.5 Å². The second-order valence-corrected chi connectivity index (χ2v) is 5.17. The van der Waals surface area contributed by atoms with Crippen molar-refractivity contribution in [3.05, 3.63) is 24.3 Å². The van der Waals surface area contributed by atoms with Crippen molar-refractivity contribution in [2.45, 2.75) is 25.7 Å². The van der Waals surface area contributed by atoms with Crippen LogP contribution in [0.15, 0.2) is 28.8 Å². The predicted octanol–water partition coefficient (Wildman–Crippen LogP) is 2.99. The molecule has 0 radical (unpaired) electrons. The second kappa shape index (κ2) is 6.06. The Morgan fingerprint density at radius 2 is 2.11 bits per heavy atom. The molecule has 19 heavy (non-hydrogen) atoms. The van der Waals surface area contributed by atoms with E-state index >= 15 is 0 Å². The molecule has 1 aromatic carbocycles. The summed E-state index contributed by atoms with van der Waals surface area (Å²) in [5.41, 5.74) is 0.788. The highest BCUT2D eigenvalue weighted by Gasteiger charge is 2.13. The monoisotopic (exact) mass is 260 g/mol. The standard InChI is InChI=1S/C15H20N2O2/c1-2-6-14-13(5-1)15(17-19-14)18-11-3-4-12-7-9-16-10-8-12/h1-2,5-6,12,16H,3-4,7-11H2. The number of para-hydroxylation sites is 1. The fraction of sp³-hybridized carbons (Fsp3) is 0.533. The molecule has 2 heterocycles. The smallest absolute Gasteiger partial charge is 0.262 e. The average molecular weight is 260 g/mol. The number of hydrogen-bond acceptors (Lipinski definition) is 4. The van der Waals surface area contributed by atoms with Gasteiger partial charge in [-0.3, -0.25) is 0 Å². The topological polar surface area (TPSA) is 47.3 Å². The number of hydrogen-bond donors (Lipinski definition) is 1. The number of nitrogens with zero attached hydrogens (tertiary/aromatic N) is 1. The number of benzene rings is 1. The number of aromatic nitrogens is 1. The van der Waals surface area contributed by atoms with Crippen LogP contribution in [-0.4, -0.2) is 24.9 Å². The van der Waals surface area contributed by atoms with Gasteiger partial charge >= 0.3 is 0 Å². The quantitative estimate of drug-likeness (QED) is 0.840. The first-order valence-electron chi connectivity index (χ1n) is 7.11. The van der Waals surface area contributed by atoms with Crippen LogP contribution in [0.5, 0.6) is 5.88 Å². The fourth-order valence-corrected chi connectivity index (χ4v) is 2.68. The minimum Gasteiger partial charge on any atom is -0.475 e. The molecular weight excluding hydrogens is 240 g/mol. The summed E-state index contributed by atoms with van der Waals surface area (Å²) in [6, 6.07) is 7.80. The molecular formula is C15H20N2O2. The van der Waals surface area contributed by atoms with E-state index in [1.165, 1.54) is 32.4 Å². The van der Waals surface area contributed by atoms with Crippen molar-refractivity contribution < 1.29 is 9.26 Å². The van der Waals surface area contributed by atoms with E-state index < -0.39 is 0 Å². The molecule has 0 bridgehead atoms. The summed E-state index contributed by atoms with van der Waals surface area (Å²) in [7, 11) is 0. The first-order chi connectivity index (χ1) is 9.43. The summed E-state index contributed by atoms with van der Waals surface area (Å²) in [4.78, 5) is 0. The molecule has 1 saturated heterocycles. The van der Waals surface area contributed by atoms with Gasteiger partial charge in [-0.05, 0) is 62.0 Å². The van der Waals surface area contributed by atoms with Crippen LogP contribution in [0, 0.1) is 5.92 Å². The second-order valence-electron chi connectivity index (χ2n) is 5.17. The van der Waals surface area contributed by atoms with Gasteiger partial charge in [-0.15, -0.1) is 0 Å². The van der Waals surface area contributed by atoms with Crippen LogP contribution in [-0.2, 0) is 0 Å². The molecule has 1 fully saturated rings. The molecule has 1 aromatic heterocycles. The number of nitrogens with one attached hydrogen (secondary N) is 1. The van der Waals surface area contributed by atoms with Crippen molar-refractivity contribution in [1.29, 1.82) is 0 Å². The van der Waals surface area contributed by atoms with Gasteiger partial charge in [0.2, 0.25) is 0 Å². The highest BCUT2D eigenvalue weighted by atomic mass is 16.5. The van der Waals surface area contributed by atoms with Gasteiger partial charge in [0, 0.05) is 0 Å². The van der Waals surface area contributed by atoms with Crippen LogP contribution in [0.25, 0.3) is 11.0 Å². The summed E-state index contributed by atoms with van der Waals surface area (Å²) in [5, 5.41) is 8.33. The van der Waals surface area contributed by atoms with Crippen LogP contribution in [0.1, 0.15) is 25.7 Å². The van der Waals surface area contributed by atoms with Crippen LogP contribution in [0.2, 0.25) is 0 Å². The summed E-state index contributed by atoms with van der Waals surface area (Å²) in [5.74, 6) is 1.49. The van der Waals surface area contributed by atoms with Crippen LogP contribution >= 0.6 is 0 Å². The molecule has 0 spiro atoms. The molecule has 3 rings (SSSR count). The minimum atomic E-state index is 0.626. The Labute approximate surface area is 113 Å². The van der Waals surface area contributed by atoms with Gasteiger partial charge in [-0.25, -0.2) is 0 Å². The molecule has 1 aliphatic rings. The third-order valence-corrected chi connectivity index (χ3v) is 3.80. The molecule has 4 heteroatoms. The number of rotatable bonds is 5. The SMILES string of the molecule is c1ccc2c(OCCCC3CCNCC3)noc2c1. The molecule has 1 N–H and O–H groups in total. The van der Waals surface area contributed by atoms with E-state index in [4.69, 9.17) is 9.26 Å². The maximum Gasteiger partial charge on any atom is 0.262 e. The van der Waals surface area contributed by atoms with E-state index in [0.29, 0.717) is 5.88 Å². The van der Waals surface area contributed by atoms with E-state index in [1.54, 1.807) is 0 Å². The lowest BCUT2D eigenvalue weighted by Gasteiger charge is -2.22. The highest BCUT2D eigenvalue weighted by molar-refractivity contribution is 5.81. The lowest BCUT2D eigenvalue weighted by molar-refractivity contribution is 0.256. The molecule has 0 aliphatic carbocycles. The van der Waals surface area contributed by atoms with Gasteiger partial charge in [0.15, 0.2) is 5.58 Å². The molecule has 2 aromatic rings. The summed E-state index contributed by atoms with van der Waals surface area (Å²) in [6.45, 7) is 3.05. The van der Waals surface area contributed by atoms with Crippen LogP contribution in [0.3, 0.4) is 0 Å². The first kappa shape index (κ1) is 12.5. The van der Waals surface area contributed by atoms with E-state index in [-0.39, 0.29) is 0 Å². The Morgan fingerprint density at radius 1 is 1.26 bits per heavy atom. The first-order valence-corrected chi connectivity index (χ1v) is 7.11. The number of fused-ring (bicyclic) bond motifs is 1. The molecule has 0 atom stereocenters. The van der Waals surface area contributed by atoms with E-state index in [9.17, 15) is 0 Å². The van der Waals surface area contributed by atoms with Gasteiger partial charge in [-0.1, -0.05) is 12.1 Å². The minimum absolute atomic E-state index is 0.626. The molecule has 0 amide bonds. The van der Waals surface area contributed by atoms with Crippen molar-refractivity contribution in [2.24, 2.45) is 5.92 Å². The molecule has 0 saturated carbocycles. The maximum absolute atomic E-state index is 5.73. The predicted molar refractivity (Wildman–Crippen MR) is 74.3 cm³/mol. The third-order valence-electron chi connectivity index (χ3n) is 3.80. The molecule has 102 valence electrons. The zero-order valence-electron chi connectivity index (χ0n) is 11.1.